The molecule has 0 spiro atoms. The zero-order valence-electron chi connectivity index (χ0n) is 12.7. The minimum Gasteiger partial charge on any atom is -0.353 e. The average Bonchev–Trinajstić information content (AvgIpc) is 2.83. The monoisotopic (exact) mass is 289 g/mol. The predicted octanol–water partition coefficient (Wildman–Crippen LogP) is 0.822. The third-order valence-corrected chi connectivity index (χ3v) is 3.78. The summed E-state index contributed by atoms with van der Waals surface area (Å²) in [4.78, 5) is 25.9. The van der Waals surface area contributed by atoms with E-state index >= 15 is 0 Å². The number of amides is 2. The van der Waals surface area contributed by atoms with E-state index in [1.54, 1.807) is 4.90 Å². The fourth-order valence-corrected chi connectivity index (χ4v) is 2.52. The van der Waals surface area contributed by atoms with Gasteiger partial charge in [0.05, 0.1) is 0 Å². The van der Waals surface area contributed by atoms with Crippen LogP contribution in [0.15, 0.2) is 24.3 Å². The van der Waals surface area contributed by atoms with Gasteiger partial charge in [-0.2, -0.15) is 0 Å². The molecule has 114 valence electrons. The Morgan fingerprint density at radius 2 is 2.00 bits per heavy atom. The first-order valence-electron chi connectivity index (χ1n) is 7.39. The number of nitrogens with one attached hydrogen (secondary N) is 2. The lowest BCUT2D eigenvalue weighted by molar-refractivity contribution is -0.135. The number of carbonyl (C=O) groups is 2. The van der Waals surface area contributed by atoms with E-state index in [1.807, 2.05) is 38.2 Å². The van der Waals surface area contributed by atoms with Gasteiger partial charge < -0.3 is 15.5 Å². The molecule has 1 heterocycles. The molecule has 1 aromatic carbocycles. The van der Waals surface area contributed by atoms with Crippen molar-refractivity contribution in [2.24, 2.45) is 0 Å². The molecule has 1 unspecified atom stereocenters. The van der Waals surface area contributed by atoms with Crippen LogP contribution < -0.4 is 10.6 Å². The normalized spacial score (nSPS) is 18.1. The third-order valence-electron chi connectivity index (χ3n) is 3.78. The van der Waals surface area contributed by atoms with Crippen LogP contribution in [0.25, 0.3) is 0 Å². The summed E-state index contributed by atoms with van der Waals surface area (Å²) in [5, 5.41) is 5.86. The highest BCUT2D eigenvalue weighted by molar-refractivity contribution is 5.90. The Hall–Kier alpha value is -1.88. The van der Waals surface area contributed by atoms with Crippen LogP contribution in [0.2, 0.25) is 0 Å². The molecule has 0 radical (unpaired) electrons. The van der Waals surface area contributed by atoms with E-state index in [9.17, 15) is 9.59 Å². The first-order chi connectivity index (χ1) is 10.1. The Balaban J connectivity index is 1.99. The van der Waals surface area contributed by atoms with Crippen molar-refractivity contribution in [3.63, 3.8) is 0 Å². The van der Waals surface area contributed by atoms with Crippen LogP contribution in [0.1, 0.15) is 24.0 Å². The Morgan fingerprint density at radius 1 is 1.29 bits per heavy atom. The molecule has 1 atom stereocenters. The minimum atomic E-state index is -0.337. The molecule has 2 N–H and O–H groups in total. The minimum absolute atomic E-state index is 0.0526. The van der Waals surface area contributed by atoms with Crippen LogP contribution in [0, 0.1) is 6.92 Å². The number of aryl methyl sites for hydroxylation is 1. The first kappa shape index (κ1) is 15.5. The number of benzene rings is 1. The molecule has 0 aliphatic carbocycles. The Bertz CT molecular complexity index is 499. The molecule has 0 saturated carbocycles. The van der Waals surface area contributed by atoms with Crippen molar-refractivity contribution < 1.29 is 9.59 Å². The number of likely N-dealkylation sites (N-methyl/N-ethyl adjacent to an activating group) is 1. The molecule has 1 saturated heterocycles. The van der Waals surface area contributed by atoms with Crippen LogP contribution in [-0.4, -0.2) is 42.9 Å². The van der Waals surface area contributed by atoms with E-state index < -0.39 is 0 Å². The molecule has 5 heteroatoms. The van der Waals surface area contributed by atoms with Crippen molar-refractivity contribution in [3.05, 3.63) is 35.4 Å². The lowest BCUT2D eigenvalue weighted by Gasteiger charge is -2.24. The first-order valence-corrected chi connectivity index (χ1v) is 7.39. The van der Waals surface area contributed by atoms with E-state index in [1.165, 1.54) is 5.56 Å². The lowest BCUT2D eigenvalue weighted by atomic mass is 10.1. The molecule has 1 aliphatic rings. The van der Waals surface area contributed by atoms with Gasteiger partial charge in [0.1, 0.15) is 6.04 Å². The molecule has 1 aliphatic heterocycles. The average molecular weight is 289 g/mol. The van der Waals surface area contributed by atoms with Crippen molar-refractivity contribution >= 4 is 11.8 Å². The predicted molar refractivity (Wildman–Crippen MR) is 81.7 cm³/mol. The topological polar surface area (TPSA) is 61.4 Å². The summed E-state index contributed by atoms with van der Waals surface area (Å²) < 4.78 is 0. The quantitative estimate of drug-likeness (QED) is 0.762. The fraction of sp³-hybridized carbons (Fsp3) is 0.500. The molecular formula is C16H23N3O2. The summed E-state index contributed by atoms with van der Waals surface area (Å²) in [7, 11) is 1.84. The summed E-state index contributed by atoms with van der Waals surface area (Å²) in [6.45, 7) is 3.84. The largest absolute Gasteiger partial charge is 0.353 e. The number of rotatable bonds is 6. The lowest BCUT2D eigenvalue weighted by Crippen LogP contribution is -2.45. The van der Waals surface area contributed by atoms with E-state index in [4.69, 9.17) is 0 Å². The summed E-state index contributed by atoms with van der Waals surface area (Å²) in [6, 6.07) is 7.74. The standard InChI is InChI=1S/C16H23N3O2/c1-12-3-5-13(6-4-12)11-19-14(7-8-15(19)20)16(21)18-10-9-17-2/h3-6,14,17H,7-11H2,1-2H3,(H,18,21). The molecule has 0 bridgehead atoms. The van der Waals surface area contributed by atoms with Crippen LogP contribution in [0.4, 0.5) is 0 Å². The summed E-state index contributed by atoms with van der Waals surface area (Å²) in [5.74, 6) is 0.00699. The van der Waals surface area contributed by atoms with Crippen molar-refractivity contribution in [2.45, 2.75) is 32.4 Å². The molecule has 5 nitrogen and oxygen atoms in total. The van der Waals surface area contributed by atoms with Gasteiger partial charge in [0.2, 0.25) is 11.8 Å². The summed E-state index contributed by atoms with van der Waals surface area (Å²) in [6.07, 6.45) is 1.06. The highest BCUT2D eigenvalue weighted by Crippen LogP contribution is 2.21. The smallest absolute Gasteiger partial charge is 0.242 e. The molecule has 21 heavy (non-hydrogen) atoms. The maximum absolute atomic E-state index is 12.2. The van der Waals surface area contributed by atoms with Crippen LogP contribution >= 0.6 is 0 Å². The van der Waals surface area contributed by atoms with Gasteiger partial charge in [-0.25, -0.2) is 0 Å². The van der Waals surface area contributed by atoms with E-state index in [0.29, 0.717) is 25.9 Å². The van der Waals surface area contributed by atoms with Gasteiger partial charge in [-0.1, -0.05) is 29.8 Å². The number of nitrogens with zero attached hydrogens (tertiary/aromatic N) is 1. The molecule has 1 aromatic rings. The number of hydrogen-bond donors (Lipinski definition) is 2. The second-order valence-corrected chi connectivity index (χ2v) is 5.46. The number of carbonyl (C=O) groups excluding carboxylic acids is 2. The summed E-state index contributed by atoms with van der Waals surface area (Å²) >= 11 is 0. The van der Waals surface area contributed by atoms with E-state index in [2.05, 4.69) is 10.6 Å². The molecular weight excluding hydrogens is 266 g/mol. The van der Waals surface area contributed by atoms with Crippen LogP contribution in [0.3, 0.4) is 0 Å². The molecule has 2 rings (SSSR count). The van der Waals surface area contributed by atoms with Gasteiger partial charge in [0.15, 0.2) is 0 Å². The second kappa shape index (κ2) is 7.22. The maximum atomic E-state index is 12.2. The van der Waals surface area contributed by atoms with Gasteiger partial charge in [0, 0.05) is 26.1 Å². The van der Waals surface area contributed by atoms with Gasteiger partial charge in [-0.05, 0) is 26.0 Å². The zero-order valence-corrected chi connectivity index (χ0v) is 12.7. The highest BCUT2D eigenvalue weighted by Gasteiger charge is 2.35. The third kappa shape index (κ3) is 4.04. The van der Waals surface area contributed by atoms with E-state index in [0.717, 1.165) is 12.1 Å². The van der Waals surface area contributed by atoms with Crippen LogP contribution in [0.5, 0.6) is 0 Å². The van der Waals surface area contributed by atoms with Crippen molar-refractivity contribution in [2.75, 3.05) is 20.1 Å². The number of hydrogen-bond acceptors (Lipinski definition) is 3. The summed E-state index contributed by atoms with van der Waals surface area (Å²) in [5.41, 5.74) is 2.25. The molecule has 2 amide bonds. The number of likely N-dealkylation sites (tertiary alicyclic amines) is 1. The maximum Gasteiger partial charge on any atom is 0.242 e. The Labute approximate surface area is 125 Å². The van der Waals surface area contributed by atoms with Gasteiger partial charge in [-0.3, -0.25) is 9.59 Å². The van der Waals surface area contributed by atoms with Gasteiger partial charge >= 0.3 is 0 Å². The second-order valence-electron chi connectivity index (χ2n) is 5.46. The van der Waals surface area contributed by atoms with Crippen molar-refractivity contribution in [1.82, 2.24) is 15.5 Å². The molecule has 1 fully saturated rings. The molecule has 0 aromatic heterocycles. The van der Waals surface area contributed by atoms with Crippen LogP contribution in [-0.2, 0) is 16.1 Å². The fourth-order valence-electron chi connectivity index (χ4n) is 2.52. The van der Waals surface area contributed by atoms with Gasteiger partial charge in [-0.15, -0.1) is 0 Å². The SMILES string of the molecule is CNCCNC(=O)C1CCC(=O)N1Cc1ccc(C)cc1. The Morgan fingerprint density at radius 3 is 2.67 bits per heavy atom. The van der Waals surface area contributed by atoms with Crippen molar-refractivity contribution in [3.8, 4) is 0 Å². The Kier molecular flexibility index (Phi) is 5.33. The zero-order chi connectivity index (χ0) is 15.2. The van der Waals surface area contributed by atoms with Crippen molar-refractivity contribution in [1.29, 1.82) is 0 Å². The highest BCUT2D eigenvalue weighted by atomic mass is 16.2. The van der Waals surface area contributed by atoms with E-state index in [-0.39, 0.29) is 17.9 Å². The van der Waals surface area contributed by atoms with Gasteiger partial charge in [0.25, 0.3) is 0 Å².